The highest BCUT2D eigenvalue weighted by atomic mass is 80.9. The van der Waals surface area contributed by atoms with Crippen LogP contribution in [0.3, 0.4) is 0 Å². The van der Waals surface area contributed by atoms with E-state index in [0.29, 0.717) is 64.9 Å². The molecule has 28 nitrogen and oxygen atoms in total. The summed E-state index contributed by atoms with van der Waals surface area (Å²) in [6.45, 7) is 28.9. The van der Waals surface area contributed by atoms with E-state index >= 15 is 0 Å². The Balaban J connectivity index is 0.000000331. The number of halogens is 16. The van der Waals surface area contributed by atoms with Crippen molar-refractivity contribution < 1.29 is 108 Å². The Morgan fingerprint density at radius 3 is 1.28 bits per heavy atom. The Kier molecular flexibility index (Phi) is 39.7. The molecule has 7 aromatic heterocycles. The maximum Gasteiger partial charge on any atom is 0.494 e. The smallest absolute Gasteiger partial charge is 0.481 e. The molecule has 1 fully saturated rings. The Hall–Kier alpha value is -9.78. The van der Waals surface area contributed by atoms with E-state index in [-0.39, 0.29) is 50.2 Å². The number of ketones is 1. The molecule has 0 atom stereocenters. The Labute approximate surface area is 744 Å². The van der Waals surface area contributed by atoms with E-state index in [1.54, 1.807) is 103 Å². The van der Waals surface area contributed by atoms with Crippen molar-refractivity contribution in [2.75, 3.05) is 30.8 Å². The third-order valence-electron chi connectivity index (χ3n) is 17.1. The van der Waals surface area contributed by atoms with E-state index < -0.39 is 109 Å². The molecule has 4 amide bonds. The number of aliphatic carboxylic acids is 1. The summed E-state index contributed by atoms with van der Waals surface area (Å²) < 4.78 is 219. The van der Waals surface area contributed by atoms with Gasteiger partial charge in [-0.15, -0.1) is 0 Å². The summed E-state index contributed by atoms with van der Waals surface area (Å²) in [5.74, 6) is -2.07. The van der Waals surface area contributed by atoms with Gasteiger partial charge in [0, 0.05) is 85.2 Å². The van der Waals surface area contributed by atoms with Gasteiger partial charge in [0.1, 0.15) is 10.4 Å². The van der Waals surface area contributed by atoms with E-state index in [1.807, 2.05) is 89.1 Å². The first-order valence-electron chi connectivity index (χ1n) is 36.6. The van der Waals surface area contributed by atoms with Crippen molar-refractivity contribution in [3.8, 4) is 11.3 Å². The number of sulfonamides is 2. The van der Waals surface area contributed by atoms with Gasteiger partial charge in [-0.2, -0.15) is 52.7 Å². The minimum Gasteiger partial charge on any atom is -0.481 e. The molecule has 47 heteroatoms. The first-order valence-corrected chi connectivity index (χ1v) is 45.2. The molecule has 1 saturated heterocycles. The van der Waals surface area contributed by atoms with Gasteiger partial charge < -0.3 is 40.3 Å². The van der Waals surface area contributed by atoms with Crippen LogP contribution in [0.1, 0.15) is 126 Å². The Morgan fingerprint density at radius 1 is 0.528 bits per heavy atom. The average Bonchev–Trinajstić information content (AvgIpc) is 1.63. The number of carboxylic acids is 1. The van der Waals surface area contributed by atoms with Gasteiger partial charge in [-0.3, -0.25) is 38.3 Å². The largest absolute Gasteiger partial charge is 0.494 e. The number of alkyl halides is 13. The highest BCUT2D eigenvalue weighted by Gasteiger charge is 2.52. The fourth-order valence-corrected chi connectivity index (χ4v) is 13.4. The third kappa shape index (κ3) is 32.6. The van der Waals surface area contributed by atoms with E-state index in [1.165, 1.54) is 56.1 Å². The van der Waals surface area contributed by atoms with Gasteiger partial charge in [-0.25, -0.2) is 55.8 Å². The topological polar surface area (TPSA) is 386 Å². The van der Waals surface area contributed by atoms with Crippen LogP contribution in [0.2, 0.25) is 0 Å². The highest BCUT2D eigenvalue weighted by Crippen LogP contribution is 2.40. The van der Waals surface area contributed by atoms with E-state index in [2.05, 4.69) is 111 Å². The summed E-state index contributed by atoms with van der Waals surface area (Å²) in [5.41, 5.74) is 12.0. The standard InChI is InChI=1S/C25H24F3N5O3S.C22H29BN2O5S.C9H7BrF3N3.C9H8F3N3.C6H9N3.C3H2BrF3O.C2H4O2.C2H6O.Br2/c1-15-4-10-20(11-5-15)37(35,36)32-24(34)29-13-12-18-6-8-19(9-7-18)21-22(25(26,27)28)31-23-17(3)30-16(2)14-33(21)23;1-16-6-12-19(13-7-16)31(27,28)25-20(26)24-15-14-17-8-10-18(11-9-17)23-29-21(2,3)22(4,5)30-23;1-4-3-16-7(10)6(9(11,12)13)15-8(16)5(2)14-4;1-5-3-15-4-7(9(10,11)12)14-8(15)6(2)13-5;1-4-3-8-6(7)5(2)9-4;4-1-2(8)3(5,6)7;1-2(3)4;1-2-3;1-2/h4-11,14H,12-13H2,1-3H3,(H2,29,32,34);6-13H,14-15H2,1-5H3,(H2,24,25,26);3H,1-2H3;3-4H,1-2H3;3H,1-2H3,(H2,7,8);1H2;1H3,(H,3,4);3H,2H2,1H3;. The van der Waals surface area contributed by atoms with Gasteiger partial charge >= 0.3 is 43.9 Å². The number of Topliss-reactive ketones (excluding diaryl/α,β-unsaturated/α-hetero) is 1. The van der Waals surface area contributed by atoms with Crippen molar-refractivity contribution in [2.24, 2.45) is 0 Å². The lowest BCUT2D eigenvalue weighted by Gasteiger charge is -2.32. The van der Waals surface area contributed by atoms with Crippen molar-refractivity contribution >= 4 is 139 Å². The number of rotatable bonds is 13. The molecule has 0 unspecified atom stereocenters. The van der Waals surface area contributed by atoms with Gasteiger partial charge in [0.05, 0.1) is 83.8 Å². The lowest BCUT2D eigenvalue weighted by atomic mass is 9.79. The normalized spacial score (nSPS) is 12.8. The molecule has 11 aromatic rings. The Bertz CT molecular complexity index is 5720. The monoisotopic (exact) mass is 2060 g/mol. The molecule has 680 valence electrons. The third-order valence-corrected chi connectivity index (χ3v) is 21.0. The molecule has 12 rings (SSSR count). The lowest BCUT2D eigenvalue weighted by molar-refractivity contribution is -0.167. The summed E-state index contributed by atoms with van der Waals surface area (Å²) in [6, 6.07) is 24.9. The molecule has 0 spiro atoms. The lowest BCUT2D eigenvalue weighted by Crippen LogP contribution is -2.41. The second kappa shape index (κ2) is 46.1. The molecule has 8 N–H and O–H groups in total. The van der Waals surface area contributed by atoms with Gasteiger partial charge in [-0.05, 0) is 173 Å². The van der Waals surface area contributed by atoms with Crippen LogP contribution in [0.5, 0.6) is 0 Å². The Morgan fingerprint density at radius 2 is 0.904 bits per heavy atom. The molecule has 0 saturated carbocycles. The fourth-order valence-electron chi connectivity index (χ4n) is 10.6. The van der Waals surface area contributed by atoms with Crippen molar-refractivity contribution in [3.63, 3.8) is 0 Å². The number of anilines is 1. The maximum absolute atomic E-state index is 13.8. The van der Waals surface area contributed by atoms with Crippen molar-refractivity contribution in [3.05, 3.63) is 218 Å². The molecule has 0 radical (unpaired) electrons. The number of urea groups is 2. The number of hydrogen-bond donors (Lipinski definition) is 7. The van der Waals surface area contributed by atoms with Crippen LogP contribution in [0.15, 0.2) is 142 Å². The zero-order valence-corrected chi connectivity index (χ0v) is 77.8. The van der Waals surface area contributed by atoms with Crippen molar-refractivity contribution in [2.45, 2.75) is 169 Å². The van der Waals surface area contributed by atoms with Crippen LogP contribution in [0.4, 0.5) is 68.1 Å². The number of nitrogens with zero attached hydrogens (tertiary/aromatic N) is 11. The van der Waals surface area contributed by atoms with Crippen molar-refractivity contribution in [1.82, 2.24) is 73.2 Å². The molecular formula is C78H89BBr4F12N16O12S2. The summed E-state index contributed by atoms with van der Waals surface area (Å²) in [7, 11) is -8.33. The zero-order valence-electron chi connectivity index (χ0n) is 69.8. The second-order valence-electron chi connectivity index (χ2n) is 27.9. The number of hydrogen-bond acceptors (Lipinski definition) is 20. The summed E-state index contributed by atoms with van der Waals surface area (Å²) in [5, 5.41) is 19.4. The predicted molar refractivity (Wildman–Crippen MR) is 460 cm³/mol. The number of carbonyl (C=O) groups excluding carboxylic acids is 3. The molecule has 0 bridgehead atoms. The molecule has 1 aliphatic heterocycles. The summed E-state index contributed by atoms with van der Waals surface area (Å²) >= 11 is 10.8. The van der Waals surface area contributed by atoms with Crippen LogP contribution in [-0.4, -0.2) is 153 Å². The highest BCUT2D eigenvalue weighted by molar-refractivity contribution is 9.93. The second-order valence-corrected chi connectivity index (χ2v) is 32.6. The van der Waals surface area contributed by atoms with E-state index in [4.69, 9.17) is 30.0 Å². The van der Waals surface area contributed by atoms with E-state index in [0.717, 1.165) is 52.2 Å². The van der Waals surface area contributed by atoms with E-state index in [9.17, 15) is 83.9 Å². The van der Waals surface area contributed by atoms with Crippen LogP contribution >= 0.6 is 60.1 Å². The number of nitrogens with one attached hydrogen (secondary N) is 4. The molecule has 8 heterocycles. The number of carbonyl (C=O) groups is 4. The molecule has 125 heavy (non-hydrogen) atoms. The minimum absolute atomic E-state index is 0.0318. The first-order chi connectivity index (χ1) is 57.7. The number of benzene rings is 4. The fraction of sp³-hybridized carbons (Fsp3) is 0.359. The maximum atomic E-state index is 13.8. The number of aliphatic hydroxyl groups is 1. The molecular weight excluding hydrogens is 1980 g/mol. The minimum atomic E-state index is -4.68. The molecule has 4 aromatic carbocycles. The number of nitrogens with two attached hydrogens (primary N) is 1. The molecule has 0 aliphatic carbocycles. The number of imidazole rings is 3. The predicted octanol–water partition coefficient (Wildman–Crippen LogP) is 16.6. The van der Waals surface area contributed by atoms with Crippen LogP contribution in [0.25, 0.3) is 28.2 Å². The average molecular weight is 2070 g/mol. The van der Waals surface area contributed by atoms with Gasteiger partial charge in [0.25, 0.3) is 26.0 Å². The number of fused-ring (bicyclic) bond motifs is 3. The van der Waals surface area contributed by atoms with Gasteiger partial charge in [0.15, 0.2) is 34.0 Å². The first kappa shape index (κ1) is 108. The van der Waals surface area contributed by atoms with Crippen LogP contribution in [-0.2, 0) is 70.3 Å². The number of aliphatic hydroxyl groups excluding tert-OH is 1. The number of carboxylic acid groups (broad SMARTS) is 1. The van der Waals surface area contributed by atoms with Crippen LogP contribution in [0, 0.1) is 69.2 Å². The van der Waals surface area contributed by atoms with Gasteiger partial charge in [0.2, 0.25) is 5.78 Å². The van der Waals surface area contributed by atoms with Crippen molar-refractivity contribution in [1.29, 1.82) is 0 Å². The quantitative estimate of drug-likeness (QED) is 0.0320. The summed E-state index contributed by atoms with van der Waals surface area (Å²) in [6.07, 6.45) is -10.2. The SMILES string of the molecule is BrBr.CC(=O)O.CCO.Cc1ccc(S(=O)(=O)NC(=O)NCCc2ccc(-c3c(C(F)(F)F)nc4c(C)nc(C)cn34)cc2)cc1.Cc1ccc(S(=O)(=O)NC(=O)NCCc2ccc(B3OC(C)(C)C(C)(C)O3)cc2)cc1.Cc1cn2c(Br)c(C(F)(F)F)nc2c(C)n1.Cc1cn2cc(C(F)(F)F)nc2c(C)n1.Cc1cnc(N)c(C)n1.O=C(CBr)C(F)(F)F. The molecule has 1 aliphatic rings. The number of nitrogen functional groups attached to an aromatic ring is 1. The number of aryl methyl sites for hydroxylation is 10. The van der Waals surface area contributed by atoms with Gasteiger partial charge in [-0.1, -0.05) is 99.9 Å². The van der Waals surface area contributed by atoms with Crippen LogP contribution < -0.4 is 31.3 Å². The number of amides is 4. The summed E-state index contributed by atoms with van der Waals surface area (Å²) in [4.78, 5) is 73.9. The number of aromatic nitrogens is 11. The zero-order chi connectivity index (χ0) is 95.0.